The van der Waals surface area contributed by atoms with E-state index < -0.39 is 0 Å². The molecule has 0 saturated heterocycles. The van der Waals surface area contributed by atoms with Crippen LogP contribution in [0.5, 0.6) is 0 Å². The molecule has 2 rings (SSSR count). The zero-order valence-electron chi connectivity index (χ0n) is 13.2. The molecule has 3 nitrogen and oxygen atoms in total. The standard InChI is InChI=1S/C17H24ClN3/c1-12(2)17(14-5-7-15(18)8-6-14)20-10-16-9-19-11-21(16)13(3)4/h5-9,11-13,17,20H,10H2,1-4H3. The Morgan fingerprint density at radius 3 is 2.38 bits per heavy atom. The van der Waals surface area contributed by atoms with E-state index in [0.29, 0.717) is 18.0 Å². The normalized spacial score (nSPS) is 13.1. The van der Waals surface area contributed by atoms with E-state index in [1.54, 1.807) is 0 Å². The Morgan fingerprint density at radius 1 is 1.14 bits per heavy atom. The maximum Gasteiger partial charge on any atom is 0.0951 e. The number of benzene rings is 1. The van der Waals surface area contributed by atoms with E-state index in [1.165, 1.54) is 11.3 Å². The number of nitrogens with zero attached hydrogens (tertiary/aromatic N) is 2. The van der Waals surface area contributed by atoms with Gasteiger partial charge in [0.25, 0.3) is 0 Å². The second kappa shape index (κ2) is 7.10. The fourth-order valence-corrected chi connectivity index (χ4v) is 2.68. The van der Waals surface area contributed by atoms with Crippen molar-refractivity contribution in [3.05, 3.63) is 53.1 Å². The molecule has 1 aromatic heterocycles. The fourth-order valence-electron chi connectivity index (χ4n) is 2.56. The molecular formula is C17H24ClN3. The highest BCUT2D eigenvalue weighted by Gasteiger charge is 2.16. The van der Waals surface area contributed by atoms with Crippen LogP contribution >= 0.6 is 11.6 Å². The van der Waals surface area contributed by atoms with Crippen molar-refractivity contribution in [3.63, 3.8) is 0 Å². The highest BCUT2D eigenvalue weighted by Crippen LogP contribution is 2.24. The third kappa shape index (κ3) is 4.08. The second-order valence-corrected chi connectivity index (χ2v) is 6.48. The molecule has 1 atom stereocenters. The van der Waals surface area contributed by atoms with Crippen molar-refractivity contribution in [3.8, 4) is 0 Å². The molecule has 0 radical (unpaired) electrons. The van der Waals surface area contributed by atoms with Crippen LogP contribution in [0, 0.1) is 5.92 Å². The van der Waals surface area contributed by atoms with Gasteiger partial charge in [0.1, 0.15) is 0 Å². The van der Waals surface area contributed by atoms with Gasteiger partial charge < -0.3 is 9.88 Å². The second-order valence-electron chi connectivity index (χ2n) is 6.04. The molecule has 1 N–H and O–H groups in total. The molecule has 0 aliphatic heterocycles. The Kier molecular flexibility index (Phi) is 5.43. The highest BCUT2D eigenvalue weighted by molar-refractivity contribution is 6.30. The fraction of sp³-hybridized carbons (Fsp3) is 0.471. The summed E-state index contributed by atoms with van der Waals surface area (Å²) in [7, 11) is 0. The van der Waals surface area contributed by atoms with Gasteiger partial charge in [0.2, 0.25) is 0 Å². The van der Waals surface area contributed by atoms with Crippen molar-refractivity contribution < 1.29 is 0 Å². The first kappa shape index (κ1) is 16.1. The minimum atomic E-state index is 0.303. The lowest BCUT2D eigenvalue weighted by Gasteiger charge is -2.24. The summed E-state index contributed by atoms with van der Waals surface area (Å²) in [5, 5.41) is 4.43. The van der Waals surface area contributed by atoms with Gasteiger partial charge in [-0.15, -0.1) is 0 Å². The summed E-state index contributed by atoms with van der Waals surface area (Å²) in [6.07, 6.45) is 3.83. The molecule has 0 fully saturated rings. The summed E-state index contributed by atoms with van der Waals surface area (Å²) in [4.78, 5) is 4.26. The van der Waals surface area contributed by atoms with Gasteiger partial charge in [-0.05, 0) is 37.5 Å². The predicted molar refractivity (Wildman–Crippen MR) is 88.5 cm³/mol. The molecule has 0 spiro atoms. The lowest BCUT2D eigenvalue weighted by atomic mass is 9.96. The summed E-state index contributed by atoms with van der Waals surface area (Å²) in [6, 6.07) is 8.83. The molecule has 1 unspecified atom stereocenters. The molecular weight excluding hydrogens is 282 g/mol. The van der Waals surface area contributed by atoms with Gasteiger partial charge in [-0.1, -0.05) is 37.6 Å². The highest BCUT2D eigenvalue weighted by atomic mass is 35.5. The molecule has 0 bridgehead atoms. The number of imidazole rings is 1. The number of halogens is 1. The van der Waals surface area contributed by atoms with Crippen molar-refractivity contribution in [1.29, 1.82) is 0 Å². The maximum atomic E-state index is 5.98. The summed E-state index contributed by atoms with van der Waals surface area (Å²) in [5.74, 6) is 0.501. The number of aromatic nitrogens is 2. The number of nitrogens with one attached hydrogen (secondary N) is 1. The number of hydrogen-bond donors (Lipinski definition) is 1. The monoisotopic (exact) mass is 305 g/mol. The first-order chi connectivity index (χ1) is 9.99. The SMILES string of the molecule is CC(C)C(NCc1cncn1C(C)C)c1ccc(Cl)cc1. The summed E-state index contributed by atoms with van der Waals surface area (Å²) < 4.78 is 2.20. The third-order valence-corrected chi connectivity index (χ3v) is 3.95. The van der Waals surface area contributed by atoms with E-state index in [0.717, 1.165) is 11.6 Å². The average Bonchev–Trinajstić information content (AvgIpc) is 2.89. The van der Waals surface area contributed by atoms with Crippen molar-refractivity contribution in [2.45, 2.75) is 46.3 Å². The van der Waals surface area contributed by atoms with Crippen LogP contribution in [0.15, 0.2) is 36.8 Å². The quantitative estimate of drug-likeness (QED) is 0.845. The molecule has 1 heterocycles. The zero-order chi connectivity index (χ0) is 15.4. The molecule has 0 amide bonds. The van der Waals surface area contributed by atoms with Gasteiger partial charge in [-0.25, -0.2) is 4.98 Å². The lowest BCUT2D eigenvalue weighted by molar-refractivity contribution is 0.401. The lowest BCUT2D eigenvalue weighted by Crippen LogP contribution is -2.26. The maximum absolute atomic E-state index is 5.98. The summed E-state index contributed by atoms with van der Waals surface area (Å²) in [6.45, 7) is 9.61. The molecule has 21 heavy (non-hydrogen) atoms. The van der Waals surface area contributed by atoms with Crippen molar-refractivity contribution in [2.75, 3.05) is 0 Å². The zero-order valence-corrected chi connectivity index (χ0v) is 13.9. The average molecular weight is 306 g/mol. The Balaban J connectivity index is 2.10. The van der Waals surface area contributed by atoms with Crippen LogP contribution in [-0.2, 0) is 6.54 Å². The van der Waals surface area contributed by atoms with Crippen LogP contribution in [0.2, 0.25) is 5.02 Å². The predicted octanol–water partition coefficient (Wildman–Crippen LogP) is 4.60. The van der Waals surface area contributed by atoms with Crippen LogP contribution < -0.4 is 5.32 Å². The van der Waals surface area contributed by atoms with E-state index >= 15 is 0 Å². The first-order valence-electron chi connectivity index (χ1n) is 7.48. The first-order valence-corrected chi connectivity index (χ1v) is 7.86. The summed E-state index contributed by atoms with van der Waals surface area (Å²) >= 11 is 5.98. The largest absolute Gasteiger partial charge is 0.331 e. The number of hydrogen-bond acceptors (Lipinski definition) is 2. The van der Waals surface area contributed by atoms with Crippen molar-refractivity contribution in [2.24, 2.45) is 5.92 Å². The minimum absolute atomic E-state index is 0.303. The molecule has 0 aliphatic carbocycles. The third-order valence-electron chi connectivity index (χ3n) is 3.70. The van der Waals surface area contributed by atoms with Crippen molar-refractivity contribution >= 4 is 11.6 Å². The molecule has 1 aromatic carbocycles. The topological polar surface area (TPSA) is 29.9 Å². The van der Waals surface area contributed by atoms with Gasteiger partial charge in [0, 0.05) is 29.8 Å². The van der Waals surface area contributed by atoms with Gasteiger partial charge in [-0.3, -0.25) is 0 Å². The molecule has 0 aliphatic rings. The molecule has 114 valence electrons. The Labute approximate surface area is 132 Å². The van der Waals surface area contributed by atoms with Crippen LogP contribution in [-0.4, -0.2) is 9.55 Å². The van der Waals surface area contributed by atoms with Crippen LogP contribution in [0.25, 0.3) is 0 Å². The van der Waals surface area contributed by atoms with Crippen molar-refractivity contribution in [1.82, 2.24) is 14.9 Å². The minimum Gasteiger partial charge on any atom is -0.331 e. The van der Waals surface area contributed by atoms with E-state index in [2.05, 4.69) is 54.7 Å². The van der Waals surface area contributed by atoms with Crippen LogP contribution in [0.1, 0.15) is 51.0 Å². The summed E-state index contributed by atoms with van der Waals surface area (Å²) in [5.41, 5.74) is 2.48. The van der Waals surface area contributed by atoms with E-state index in [4.69, 9.17) is 11.6 Å². The Morgan fingerprint density at radius 2 is 1.81 bits per heavy atom. The van der Waals surface area contributed by atoms with E-state index in [1.807, 2.05) is 24.7 Å². The van der Waals surface area contributed by atoms with E-state index in [9.17, 15) is 0 Å². The molecule has 2 aromatic rings. The smallest absolute Gasteiger partial charge is 0.0951 e. The van der Waals surface area contributed by atoms with Crippen LogP contribution in [0.4, 0.5) is 0 Å². The van der Waals surface area contributed by atoms with Gasteiger partial charge in [0.05, 0.1) is 12.0 Å². The van der Waals surface area contributed by atoms with Crippen LogP contribution in [0.3, 0.4) is 0 Å². The number of rotatable bonds is 6. The molecule has 4 heteroatoms. The Bertz CT molecular complexity index is 558. The molecule has 0 saturated carbocycles. The van der Waals surface area contributed by atoms with E-state index in [-0.39, 0.29) is 0 Å². The van der Waals surface area contributed by atoms with Gasteiger partial charge in [-0.2, -0.15) is 0 Å². The van der Waals surface area contributed by atoms with Gasteiger partial charge >= 0.3 is 0 Å². The Hall–Kier alpha value is -1.32. The van der Waals surface area contributed by atoms with Gasteiger partial charge in [0.15, 0.2) is 0 Å².